The SMILES string of the molecule is CC(C)(C)[Si](C)(C)OC1CCOCCC1=O. The van der Waals surface area contributed by atoms with Gasteiger partial charge in [-0.1, -0.05) is 20.8 Å². The van der Waals surface area contributed by atoms with E-state index in [-0.39, 0.29) is 16.9 Å². The summed E-state index contributed by atoms with van der Waals surface area (Å²) in [5.41, 5.74) is 0. The van der Waals surface area contributed by atoms with E-state index in [4.69, 9.17) is 9.16 Å². The molecule has 0 radical (unpaired) electrons. The molecule has 1 aliphatic rings. The highest BCUT2D eigenvalue weighted by Crippen LogP contribution is 2.37. The third-order valence-corrected chi connectivity index (χ3v) is 8.11. The van der Waals surface area contributed by atoms with Crippen LogP contribution in [0.4, 0.5) is 0 Å². The van der Waals surface area contributed by atoms with Gasteiger partial charge in [0.2, 0.25) is 0 Å². The molecule has 1 heterocycles. The van der Waals surface area contributed by atoms with Crippen LogP contribution in [0.15, 0.2) is 0 Å². The summed E-state index contributed by atoms with van der Waals surface area (Å²) in [5, 5.41) is 0.153. The van der Waals surface area contributed by atoms with Crippen molar-refractivity contribution < 1.29 is 14.0 Å². The van der Waals surface area contributed by atoms with E-state index in [9.17, 15) is 4.79 Å². The standard InChI is InChI=1S/C12H24O3Si/c1-12(2,3)16(4,5)15-11-7-9-14-8-6-10(11)13/h11H,6-9H2,1-5H3. The molecule has 0 aromatic rings. The zero-order valence-electron chi connectivity index (χ0n) is 11.1. The first-order valence-electron chi connectivity index (χ1n) is 6.02. The Labute approximate surface area is 99.6 Å². The Morgan fingerprint density at radius 1 is 1.31 bits per heavy atom. The van der Waals surface area contributed by atoms with Gasteiger partial charge in [-0.2, -0.15) is 0 Å². The van der Waals surface area contributed by atoms with Crippen molar-refractivity contribution in [3.8, 4) is 0 Å². The van der Waals surface area contributed by atoms with Crippen LogP contribution >= 0.6 is 0 Å². The van der Waals surface area contributed by atoms with E-state index in [1.165, 1.54) is 0 Å². The predicted molar refractivity (Wildman–Crippen MR) is 67.1 cm³/mol. The molecule has 4 heteroatoms. The van der Waals surface area contributed by atoms with E-state index in [1.807, 2.05) is 0 Å². The zero-order valence-corrected chi connectivity index (χ0v) is 12.1. The van der Waals surface area contributed by atoms with Gasteiger partial charge in [0.15, 0.2) is 14.1 Å². The first-order valence-corrected chi connectivity index (χ1v) is 8.93. The molecule has 1 unspecified atom stereocenters. The van der Waals surface area contributed by atoms with Gasteiger partial charge < -0.3 is 9.16 Å². The summed E-state index contributed by atoms with van der Waals surface area (Å²) in [7, 11) is -1.83. The lowest BCUT2D eigenvalue weighted by molar-refractivity contribution is -0.125. The fourth-order valence-corrected chi connectivity index (χ4v) is 2.76. The summed E-state index contributed by atoms with van der Waals surface area (Å²) in [5.74, 6) is 0.210. The van der Waals surface area contributed by atoms with Gasteiger partial charge in [0.25, 0.3) is 0 Å². The molecule has 0 N–H and O–H groups in total. The molecule has 0 amide bonds. The average molecular weight is 244 g/mol. The van der Waals surface area contributed by atoms with Gasteiger partial charge in [0, 0.05) is 19.4 Å². The first-order chi connectivity index (χ1) is 7.24. The molecular weight excluding hydrogens is 220 g/mol. The molecule has 0 aromatic carbocycles. The molecule has 1 atom stereocenters. The van der Waals surface area contributed by atoms with Gasteiger partial charge in [-0.05, 0) is 18.1 Å². The summed E-state index contributed by atoms with van der Waals surface area (Å²) in [6.07, 6.45) is 0.980. The van der Waals surface area contributed by atoms with Crippen molar-refractivity contribution >= 4 is 14.1 Å². The highest BCUT2D eigenvalue weighted by atomic mass is 28.4. The van der Waals surface area contributed by atoms with Gasteiger partial charge in [-0.15, -0.1) is 0 Å². The van der Waals surface area contributed by atoms with Gasteiger partial charge in [0.05, 0.1) is 6.61 Å². The van der Waals surface area contributed by atoms with Crippen molar-refractivity contribution in [2.45, 2.75) is 57.8 Å². The number of carbonyl (C=O) groups excluding carboxylic acids is 1. The quantitative estimate of drug-likeness (QED) is 0.701. The van der Waals surface area contributed by atoms with Crippen molar-refractivity contribution in [2.75, 3.05) is 13.2 Å². The fraction of sp³-hybridized carbons (Fsp3) is 0.917. The molecule has 1 rings (SSSR count). The molecule has 0 aliphatic carbocycles. The topological polar surface area (TPSA) is 35.5 Å². The van der Waals surface area contributed by atoms with Crippen molar-refractivity contribution in [3.63, 3.8) is 0 Å². The highest BCUT2D eigenvalue weighted by molar-refractivity contribution is 6.74. The summed E-state index contributed by atoms with van der Waals surface area (Å²) in [4.78, 5) is 11.8. The average Bonchev–Trinajstić information content (AvgIpc) is 2.30. The van der Waals surface area contributed by atoms with Crippen LogP contribution in [0.3, 0.4) is 0 Å². The Balaban J connectivity index is 2.67. The maximum atomic E-state index is 11.8. The molecule has 1 saturated heterocycles. The molecule has 1 fully saturated rings. The minimum Gasteiger partial charge on any atom is -0.407 e. The number of ether oxygens (including phenoxy) is 1. The van der Waals surface area contributed by atoms with Gasteiger partial charge in [-0.3, -0.25) is 4.79 Å². The Morgan fingerprint density at radius 3 is 2.50 bits per heavy atom. The summed E-state index contributed by atoms with van der Waals surface area (Å²) >= 11 is 0. The van der Waals surface area contributed by atoms with Crippen molar-refractivity contribution in [3.05, 3.63) is 0 Å². The van der Waals surface area contributed by atoms with Crippen molar-refractivity contribution in [2.24, 2.45) is 0 Å². The van der Waals surface area contributed by atoms with Crippen LogP contribution in [0.1, 0.15) is 33.6 Å². The van der Waals surface area contributed by atoms with Crippen molar-refractivity contribution in [1.82, 2.24) is 0 Å². The maximum Gasteiger partial charge on any atom is 0.193 e. The lowest BCUT2D eigenvalue weighted by Crippen LogP contribution is -2.46. The van der Waals surface area contributed by atoms with E-state index >= 15 is 0 Å². The van der Waals surface area contributed by atoms with Gasteiger partial charge in [0.1, 0.15) is 6.10 Å². The predicted octanol–water partition coefficient (Wildman–Crippen LogP) is 2.76. The van der Waals surface area contributed by atoms with Crippen LogP contribution in [0, 0.1) is 0 Å². The molecule has 16 heavy (non-hydrogen) atoms. The van der Waals surface area contributed by atoms with E-state index in [0.717, 1.165) is 0 Å². The van der Waals surface area contributed by atoms with E-state index < -0.39 is 8.32 Å². The molecule has 0 spiro atoms. The Kier molecular flexibility index (Phi) is 4.32. The molecule has 94 valence electrons. The molecule has 3 nitrogen and oxygen atoms in total. The lowest BCUT2D eigenvalue weighted by atomic mass is 10.1. The monoisotopic (exact) mass is 244 g/mol. The van der Waals surface area contributed by atoms with E-state index in [0.29, 0.717) is 26.1 Å². The minimum atomic E-state index is -1.83. The third-order valence-electron chi connectivity index (χ3n) is 3.62. The zero-order chi connectivity index (χ0) is 12.4. The number of Topliss-reactive ketones (excluding diaryl/α,β-unsaturated/α-hetero) is 1. The first kappa shape index (κ1) is 13.9. The number of ketones is 1. The van der Waals surface area contributed by atoms with Gasteiger partial charge in [-0.25, -0.2) is 0 Å². The van der Waals surface area contributed by atoms with Crippen LogP contribution in [0.5, 0.6) is 0 Å². The Hall–Kier alpha value is -0.193. The number of hydrogen-bond donors (Lipinski definition) is 0. The molecule has 0 bridgehead atoms. The van der Waals surface area contributed by atoms with Crippen LogP contribution in [-0.2, 0) is 14.0 Å². The smallest absolute Gasteiger partial charge is 0.193 e. The second kappa shape index (κ2) is 4.98. The molecule has 0 saturated carbocycles. The van der Waals surface area contributed by atoms with Crippen molar-refractivity contribution in [1.29, 1.82) is 0 Å². The van der Waals surface area contributed by atoms with Crippen LogP contribution in [0.2, 0.25) is 18.1 Å². The van der Waals surface area contributed by atoms with Crippen LogP contribution in [0.25, 0.3) is 0 Å². The maximum absolute atomic E-state index is 11.8. The van der Waals surface area contributed by atoms with E-state index in [1.54, 1.807) is 0 Å². The third kappa shape index (κ3) is 3.40. The number of carbonyl (C=O) groups is 1. The lowest BCUT2D eigenvalue weighted by Gasteiger charge is -2.38. The number of hydrogen-bond acceptors (Lipinski definition) is 3. The van der Waals surface area contributed by atoms with Gasteiger partial charge >= 0.3 is 0 Å². The molecule has 1 aliphatic heterocycles. The Morgan fingerprint density at radius 2 is 1.94 bits per heavy atom. The summed E-state index contributed by atoms with van der Waals surface area (Å²) in [6.45, 7) is 12.1. The minimum absolute atomic E-state index is 0.153. The number of rotatable bonds is 2. The summed E-state index contributed by atoms with van der Waals surface area (Å²) in [6, 6.07) is 0. The van der Waals surface area contributed by atoms with Crippen LogP contribution < -0.4 is 0 Å². The summed E-state index contributed by atoms with van der Waals surface area (Å²) < 4.78 is 11.5. The Bertz CT molecular complexity index is 255. The van der Waals surface area contributed by atoms with Crippen LogP contribution in [-0.4, -0.2) is 33.4 Å². The second-order valence-electron chi connectivity index (χ2n) is 5.98. The second-order valence-corrected chi connectivity index (χ2v) is 10.7. The molecule has 0 aromatic heterocycles. The highest BCUT2D eigenvalue weighted by Gasteiger charge is 2.40. The molecular formula is C12H24O3Si. The van der Waals surface area contributed by atoms with E-state index in [2.05, 4.69) is 33.9 Å². The largest absolute Gasteiger partial charge is 0.407 e. The normalized spacial score (nSPS) is 24.3. The fourth-order valence-electron chi connectivity index (χ4n) is 1.44.